The lowest BCUT2D eigenvalue weighted by atomic mass is 9.86. The Morgan fingerprint density at radius 2 is 1.98 bits per heavy atom. The monoisotopic (exact) mass is 622 g/mol. The Morgan fingerprint density at radius 1 is 1.22 bits per heavy atom. The molecule has 0 saturated carbocycles. The topological polar surface area (TPSA) is 163 Å². The third kappa shape index (κ3) is 6.01. The van der Waals surface area contributed by atoms with Gasteiger partial charge in [0, 0.05) is 41.5 Å². The lowest BCUT2D eigenvalue weighted by Crippen LogP contribution is -2.44. The van der Waals surface area contributed by atoms with Crippen molar-refractivity contribution in [3.05, 3.63) is 62.2 Å². The van der Waals surface area contributed by atoms with E-state index in [1.165, 1.54) is 6.07 Å². The molecule has 1 amide bonds. The molecule has 4 N–H and O–H groups in total. The summed E-state index contributed by atoms with van der Waals surface area (Å²) in [5.41, 5.74) is 7.44. The molecule has 240 valence electrons. The average Bonchev–Trinajstić information content (AvgIpc) is 3.37. The van der Waals surface area contributed by atoms with E-state index in [-0.39, 0.29) is 61.1 Å². The van der Waals surface area contributed by atoms with Crippen LogP contribution in [0.4, 0.5) is 4.39 Å². The number of aromatic nitrogens is 2. The Morgan fingerprint density at radius 3 is 2.69 bits per heavy atom. The number of cyclic esters (lactones) is 1. The summed E-state index contributed by atoms with van der Waals surface area (Å²) >= 11 is 0. The third-order valence-corrected chi connectivity index (χ3v) is 8.86. The first-order chi connectivity index (χ1) is 21.4. The van der Waals surface area contributed by atoms with Crippen molar-refractivity contribution in [1.82, 2.24) is 14.9 Å². The molecule has 11 nitrogen and oxygen atoms in total. The van der Waals surface area contributed by atoms with E-state index in [9.17, 15) is 28.7 Å². The molecule has 0 saturated heterocycles. The molecule has 2 aliphatic heterocycles. The normalized spacial score (nSPS) is 18.2. The molecule has 2 aliphatic rings. The number of benzene rings is 1. The highest BCUT2D eigenvalue weighted by Gasteiger charge is 2.45. The predicted octanol–water partition coefficient (Wildman–Crippen LogP) is 2.88. The van der Waals surface area contributed by atoms with Gasteiger partial charge in [-0.3, -0.25) is 14.4 Å². The number of carbonyl (C=O) groups is 3. The van der Waals surface area contributed by atoms with Crippen LogP contribution in [0.25, 0.3) is 22.3 Å². The molecule has 3 atom stereocenters. The number of ketones is 1. The van der Waals surface area contributed by atoms with Gasteiger partial charge in [-0.2, -0.15) is 0 Å². The number of aliphatic hydroxyl groups is 1. The van der Waals surface area contributed by atoms with Crippen LogP contribution in [-0.4, -0.2) is 51.7 Å². The maximum Gasteiger partial charge on any atom is 0.343 e. The first-order valence-electron chi connectivity index (χ1n) is 15.3. The van der Waals surface area contributed by atoms with E-state index in [4.69, 9.17) is 20.2 Å². The fourth-order valence-corrected chi connectivity index (χ4v) is 6.03. The van der Waals surface area contributed by atoms with Crippen LogP contribution < -0.4 is 16.6 Å². The van der Waals surface area contributed by atoms with E-state index in [2.05, 4.69) is 5.32 Å². The molecule has 3 aromatic rings. The smallest absolute Gasteiger partial charge is 0.343 e. The second kappa shape index (κ2) is 12.8. The van der Waals surface area contributed by atoms with Gasteiger partial charge < -0.3 is 30.2 Å². The van der Waals surface area contributed by atoms with E-state index in [0.29, 0.717) is 48.3 Å². The highest BCUT2D eigenvalue weighted by Crippen LogP contribution is 2.40. The van der Waals surface area contributed by atoms with Crippen LogP contribution in [0.5, 0.6) is 0 Å². The highest BCUT2D eigenvalue weighted by atomic mass is 19.1. The standard InChI is InChI=1S/C33H39FN4O7/c1-5-33(43)24-12-27-29-22(14-38(27)31(41)23(24)15-45-32(33)42)20(21-10-17(2)25(34)13-26(21)37-29)8-6-7-9-44-16-36-30(40)18(3)11-28(39)19(4)35/h10,12-13,18-19,43H,5-9,11,14-16,35H2,1-4H3,(H,36,40)/t18-,19+,33+/m1/s1. The molecule has 12 heteroatoms. The number of nitrogens with zero attached hydrogens (tertiary/aromatic N) is 2. The van der Waals surface area contributed by atoms with Crippen LogP contribution in [0, 0.1) is 18.7 Å². The first-order valence-corrected chi connectivity index (χ1v) is 15.3. The quantitative estimate of drug-likeness (QED) is 0.123. The van der Waals surface area contributed by atoms with Gasteiger partial charge >= 0.3 is 5.97 Å². The van der Waals surface area contributed by atoms with E-state index < -0.39 is 29.3 Å². The van der Waals surface area contributed by atoms with Crippen molar-refractivity contribution in [2.45, 2.75) is 84.6 Å². The van der Waals surface area contributed by atoms with E-state index in [1.807, 2.05) is 0 Å². The summed E-state index contributed by atoms with van der Waals surface area (Å²) in [6.45, 7) is 7.02. The molecule has 45 heavy (non-hydrogen) atoms. The summed E-state index contributed by atoms with van der Waals surface area (Å²) in [4.78, 5) is 55.0. The summed E-state index contributed by atoms with van der Waals surface area (Å²) in [5, 5.41) is 14.6. The molecule has 2 aromatic heterocycles. The van der Waals surface area contributed by atoms with Crippen LogP contribution in [0.15, 0.2) is 23.0 Å². The minimum atomic E-state index is -1.94. The third-order valence-electron chi connectivity index (χ3n) is 8.86. The molecular weight excluding hydrogens is 583 g/mol. The van der Waals surface area contributed by atoms with Gasteiger partial charge in [0.2, 0.25) is 5.91 Å². The molecular formula is C33H39FN4O7. The van der Waals surface area contributed by atoms with Crippen LogP contribution in [0.1, 0.15) is 74.3 Å². The predicted molar refractivity (Wildman–Crippen MR) is 164 cm³/mol. The highest BCUT2D eigenvalue weighted by molar-refractivity contribution is 5.90. The number of hydrogen-bond donors (Lipinski definition) is 3. The molecule has 1 aromatic carbocycles. The number of ether oxygens (including phenoxy) is 2. The summed E-state index contributed by atoms with van der Waals surface area (Å²) in [6, 6.07) is 4.20. The molecule has 0 bridgehead atoms. The zero-order valence-corrected chi connectivity index (χ0v) is 26.0. The average molecular weight is 623 g/mol. The number of Topliss-reactive ketones (excluding diaryl/α,β-unsaturated/α-hetero) is 1. The van der Waals surface area contributed by atoms with Crippen LogP contribution in [0.3, 0.4) is 0 Å². The number of aryl methyl sites for hydroxylation is 2. The summed E-state index contributed by atoms with van der Waals surface area (Å²) in [7, 11) is 0. The van der Waals surface area contributed by atoms with Crippen molar-refractivity contribution in [1.29, 1.82) is 0 Å². The van der Waals surface area contributed by atoms with Gasteiger partial charge in [0.15, 0.2) is 5.60 Å². The van der Waals surface area contributed by atoms with E-state index in [0.717, 1.165) is 16.5 Å². The zero-order valence-electron chi connectivity index (χ0n) is 26.0. The molecule has 0 radical (unpaired) electrons. The second-order valence-corrected chi connectivity index (χ2v) is 12.1. The van der Waals surface area contributed by atoms with Gasteiger partial charge in [-0.05, 0) is 62.8 Å². The molecule has 5 rings (SSSR count). The van der Waals surface area contributed by atoms with Gasteiger partial charge in [-0.15, -0.1) is 0 Å². The Kier molecular flexibility index (Phi) is 9.20. The number of nitrogens with two attached hydrogens (primary N) is 1. The van der Waals surface area contributed by atoms with Crippen LogP contribution in [-0.2, 0) is 49.0 Å². The molecule has 0 aliphatic carbocycles. The number of pyridine rings is 2. The number of nitrogens with one attached hydrogen (secondary N) is 1. The van der Waals surface area contributed by atoms with Crippen LogP contribution in [0.2, 0.25) is 0 Å². The molecule has 0 unspecified atom stereocenters. The number of rotatable bonds is 12. The van der Waals surface area contributed by atoms with Gasteiger partial charge in [-0.25, -0.2) is 14.2 Å². The Bertz CT molecular complexity index is 1750. The van der Waals surface area contributed by atoms with E-state index in [1.54, 1.807) is 44.4 Å². The number of halogens is 1. The number of esters is 1. The van der Waals surface area contributed by atoms with E-state index >= 15 is 0 Å². The summed E-state index contributed by atoms with van der Waals surface area (Å²) in [5.74, 6) is -2.15. The lowest BCUT2D eigenvalue weighted by Gasteiger charge is -2.31. The van der Waals surface area contributed by atoms with Crippen molar-refractivity contribution < 1.29 is 33.4 Å². The number of carbonyl (C=O) groups excluding carboxylic acids is 3. The number of amides is 1. The lowest BCUT2D eigenvalue weighted by molar-refractivity contribution is -0.172. The van der Waals surface area contributed by atoms with Gasteiger partial charge in [-0.1, -0.05) is 13.8 Å². The van der Waals surface area contributed by atoms with Crippen molar-refractivity contribution in [3.63, 3.8) is 0 Å². The molecule has 0 spiro atoms. The Balaban J connectivity index is 1.34. The SMILES string of the molecule is CC[C@@]1(O)C(=O)OCc2c1cc1n(c2=O)Cc2c-1nc1cc(F)c(C)cc1c2CCCCOCNC(=O)[C@H](C)CC(=O)[C@H](C)N. The van der Waals surface area contributed by atoms with Crippen molar-refractivity contribution in [3.8, 4) is 11.4 Å². The minimum Gasteiger partial charge on any atom is -0.458 e. The maximum absolute atomic E-state index is 14.7. The maximum atomic E-state index is 14.7. The number of hydrogen-bond acceptors (Lipinski definition) is 9. The Labute approximate surface area is 259 Å². The van der Waals surface area contributed by atoms with Crippen LogP contribution >= 0.6 is 0 Å². The first kappa shape index (κ1) is 32.4. The largest absolute Gasteiger partial charge is 0.458 e. The second-order valence-electron chi connectivity index (χ2n) is 12.1. The minimum absolute atomic E-state index is 0.0147. The summed E-state index contributed by atoms with van der Waals surface area (Å²) in [6.07, 6.45) is 2.07. The van der Waals surface area contributed by atoms with Crippen molar-refractivity contribution in [2.24, 2.45) is 11.7 Å². The Hall–Kier alpha value is -4.00. The fraction of sp³-hybridized carbons (Fsp3) is 0.485. The number of fused-ring (bicyclic) bond motifs is 5. The van der Waals surface area contributed by atoms with Gasteiger partial charge in [0.25, 0.3) is 5.56 Å². The van der Waals surface area contributed by atoms with Gasteiger partial charge in [0.05, 0.1) is 35.1 Å². The summed E-state index contributed by atoms with van der Waals surface area (Å²) < 4.78 is 27.0. The van der Waals surface area contributed by atoms with Gasteiger partial charge in [0.1, 0.15) is 24.9 Å². The number of unbranched alkanes of at least 4 members (excludes halogenated alkanes) is 1. The molecule has 4 heterocycles. The fourth-order valence-electron chi connectivity index (χ4n) is 6.03. The zero-order chi connectivity index (χ0) is 32.6. The van der Waals surface area contributed by atoms with Crippen molar-refractivity contribution in [2.75, 3.05) is 13.3 Å². The molecule has 0 fully saturated rings. The van der Waals surface area contributed by atoms with Crippen molar-refractivity contribution >= 4 is 28.6 Å².